The minimum absolute atomic E-state index is 0.225. The van der Waals surface area contributed by atoms with Crippen molar-refractivity contribution in [3.05, 3.63) is 35.5 Å². The van der Waals surface area contributed by atoms with Gasteiger partial charge in [-0.25, -0.2) is 4.68 Å². The van der Waals surface area contributed by atoms with Crippen LogP contribution < -0.4 is 10.1 Å². The van der Waals surface area contributed by atoms with Crippen LogP contribution in [0, 0.1) is 0 Å². The van der Waals surface area contributed by atoms with E-state index in [0.717, 1.165) is 62.5 Å². The lowest BCUT2D eigenvalue weighted by Crippen LogP contribution is -2.33. The van der Waals surface area contributed by atoms with Crippen molar-refractivity contribution in [1.82, 2.24) is 14.7 Å². The smallest absolute Gasteiger partial charge is 0.406 e. The number of hydrogen-bond donors (Lipinski definition) is 1. The Morgan fingerprint density at radius 3 is 2.66 bits per heavy atom. The van der Waals surface area contributed by atoms with Gasteiger partial charge in [-0.15, -0.1) is 13.2 Å². The lowest BCUT2D eigenvalue weighted by molar-refractivity contribution is -0.274. The highest BCUT2D eigenvalue weighted by Crippen LogP contribution is 2.37. The van der Waals surface area contributed by atoms with Crippen molar-refractivity contribution in [2.75, 3.05) is 25.0 Å². The second-order valence-electron chi connectivity index (χ2n) is 7.69. The zero-order valence-electron chi connectivity index (χ0n) is 16.6. The lowest BCUT2D eigenvalue weighted by Gasteiger charge is -2.34. The average Bonchev–Trinajstić information content (AvgIpc) is 2.88. The number of piperidine rings is 1. The summed E-state index contributed by atoms with van der Waals surface area (Å²) in [4.78, 5) is 2.49. The van der Waals surface area contributed by atoms with E-state index >= 15 is 0 Å². The molecule has 1 aromatic carbocycles. The third-order valence-corrected chi connectivity index (χ3v) is 5.81. The molecule has 4 rings (SSSR count). The zero-order chi connectivity index (χ0) is 20.4. The van der Waals surface area contributed by atoms with Crippen molar-refractivity contribution >= 4 is 5.82 Å². The molecule has 2 aliphatic rings. The molecule has 0 spiro atoms. The number of halogens is 3. The van der Waals surface area contributed by atoms with Crippen LogP contribution >= 0.6 is 0 Å². The zero-order valence-corrected chi connectivity index (χ0v) is 16.6. The number of hydrogen-bond acceptors (Lipinski definition) is 4. The Balaban J connectivity index is 1.71. The monoisotopic (exact) mass is 408 g/mol. The molecule has 3 heterocycles. The summed E-state index contributed by atoms with van der Waals surface area (Å²) in [6.07, 6.45) is 1.98. The topological polar surface area (TPSA) is 42.3 Å². The number of benzene rings is 1. The molecular weight excluding hydrogens is 381 g/mol. The Hall–Kier alpha value is -2.22. The molecule has 0 aliphatic carbocycles. The largest absolute Gasteiger partial charge is 0.573 e. The lowest BCUT2D eigenvalue weighted by atomic mass is 9.95. The molecule has 1 N–H and O–H groups in total. The fourth-order valence-corrected chi connectivity index (χ4v) is 4.45. The first-order valence-electron chi connectivity index (χ1n) is 10.4. The molecule has 1 aromatic heterocycles. The number of nitrogens with zero attached hydrogens (tertiary/aromatic N) is 3. The van der Waals surface area contributed by atoms with Gasteiger partial charge in [0.05, 0.1) is 17.4 Å². The van der Waals surface area contributed by atoms with Crippen molar-refractivity contribution < 1.29 is 17.9 Å². The van der Waals surface area contributed by atoms with Gasteiger partial charge in [0.2, 0.25) is 0 Å². The highest BCUT2D eigenvalue weighted by Gasteiger charge is 2.32. The van der Waals surface area contributed by atoms with Crippen LogP contribution in [0.15, 0.2) is 24.3 Å². The SMILES string of the molecule is CCN1CCCCC1c1nn(-c2ccc(OC(F)(F)F)cc2)c2c1CCCCN2. The van der Waals surface area contributed by atoms with Gasteiger partial charge in [0.1, 0.15) is 11.6 Å². The maximum Gasteiger partial charge on any atom is 0.573 e. The number of alkyl halides is 3. The number of nitrogens with one attached hydrogen (secondary N) is 1. The quantitative estimate of drug-likeness (QED) is 0.767. The molecule has 0 amide bonds. The second-order valence-corrected chi connectivity index (χ2v) is 7.69. The minimum atomic E-state index is -4.69. The Morgan fingerprint density at radius 1 is 1.14 bits per heavy atom. The fraction of sp³-hybridized carbons (Fsp3) is 0.571. The summed E-state index contributed by atoms with van der Waals surface area (Å²) in [7, 11) is 0. The molecule has 29 heavy (non-hydrogen) atoms. The van der Waals surface area contributed by atoms with E-state index in [1.54, 1.807) is 12.1 Å². The Morgan fingerprint density at radius 2 is 1.93 bits per heavy atom. The van der Waals surface area contributed by atoms with Crippen LogP contribution in [0.3, 0.4) is 0 Å². The van der Waals surface area contributed by atoms with Crippen LogP contribution in [0.5, 0.6) is 5.75 Å². The number of ether oxygens (including phenoxy) is 1. The highest BCUT2D eigenvalue weighted by molar-refractivity contribution is 5.55. The van der Waals surface area contributed by atoms with Crippen LogP contribution in [0.2, 0.25) is 0 Å². The summed E-state index contributed by atoms with van der Waals surface area (Å²) in [5.74, 6) is 0.751. The number of likely N-dealkylation sites (tertiary alicyclic amines) is 1. The molecule has 1 atom stereocenters. The standard InChI is InChI=1S/C21H27F3N4O/c1-2-27-14-6-4-8-18(27)19-17-7-3-5-13-25-20(17)28(26-19)15-9-11-16(12-10-15)29-21(22,23)24/h9-12,18,25H,2-8,13-14H2,1H3. The molecule has 158 valence electrons. The van der Waals surface area contributed by atoms with Crippen LogP contribution in [0.25, 0.3) is 5.69 Å². The fourth-order valence-electron chi connectivity index (χ4n) is 4.45. The summed E-state index contributed by atoms with van der Waals surface area (Å²) in [5, 5.41) is 8.49. The molecule has 8 heteroatoms. The maximum atomic E-state index is 12.5. The van der Waals surface area contributed by atoms with Gasteiger partial charge < -0.3 is 10.1 Å². The van der Waals surface area contributed by atoms with E-state index in [-0.39, 0.29) is 5.75 Å². The third-order valence-electron chi connectivity index (χ3n) is 5.81. The van der Waals surface area contributed by atoms with Crippen molar-refractivity contribution in [2.45, 2.75) is 57.9 Å². The summed E-state index contributed by atoms with van der Waals surface area (Å²) >= 11 is 0. The van der Waals surface area contributed by atoms with E-state index in [0.29, 0.717) is 6.04 Å². The third kappa shape index (κ3) is 4.37. The summed E-state index contributed by atoms with van der Waals surface area (Å²) < 4.78 is 43.2. The molecule has 5 nitrogen and oxygen atoms in total. The molecule has 1 unspecified atom stereocenters. The normalized spacial score (nSPS) is 20.6. The molecular formula is C21H27F3N4O. The molecule has 2 aliphatic heterocycles. The van der Waals surface area contributed by atoms with Crippen LogP contribution in [-0.4, -0.2) is 40.7 Å². The van der Waals surface area contributed by atoms with Gasteiger partial charge in [-0.2, -0.15) is 5.10 Å². The van der Waals surface area contributed by atoms with Gasteiger partial charge in [-0.3, -0.25) is 4.90 Å². The van der Waals surface area contributed by atoms with Gasteiger partial charge in [0.15, 0.2) is 0 Å². The Bertz CT molecular complexity index is 832. The number of fused-ring (bicyclic) bond motifs is 1. The summed E-state index contributed by atoms with van der Waals surface area (Å²) in [6, 6.07) is 6.24. The molecule has 2 aromatic rings. The van der Waals surface area contributed by atoms with Crippen molar-refractivity contribution in [1.29, 1.82) is 0 Å². The first-order chi connectivity index (χ1) is 14.0. The number of anilines is 1. The van der Waals surface area contributed by atoms with E-state index in [1.165, 1.54) is 30.5 Å². The van der Waals surface area contributed by atoms with Crippen molar-refractivity contribution in [2.24, 2.45) is 0 Å². The van der Waals surface area contributed by atoms with E-state index in [1.807, 2.05) is 4.68 Å². The maximum absolute atomic E-state index is 12.5. The van der Waals surface area contributed by atoms with E-state index < -0.39 is 6.36 Å². The Kier molecular flexibility index (Phi) is 5.72. The Labute approximate surface area is 168 Å². The van der Waals surface area contributed by atoms with Gasteiger partial charge >= 0.3 is 6.36 Å². The molecule has 0 radical (unpaired) electrons. The van der Waals surface area contributed by atoms with Crippen LogP contribution in [-0.2, 0) is 6.42 Å². The molecule has 1 saturated heterocycles. The van der Waals surface area contributed by atoms with Gasteiger partial charge in [0.25, 0.3) is 0 Å². The van der Waals surface area contributed by atoms with Gasteiger partial charge in [-0.05, 0) is 69.5 Å². The van der Waals surface area contributed by atoms with E-state index in [9.17, 15) is 13.2 Å². The van der Waals surface area contributed by atoms with E-state index in [4.69, 9.17) is 5.10 Å². The van der Waals surface area contributed by atoms with Crippen molar-refractivity contribution in [3.8, 4) is 11.4 Å². The number of aromatic nitrogens is 2. The first-order valence-corrected chi connectivity index (χ1v) is 10.4. The second kappa shape index (κ2) is 8.26. The van der Waals surface area contributed by atoms with E-state index in [2.05, 4.69) is 21.9 Å². The predicted molar refractivity (Wildman–Crippen MR) is 106 cm³/mol. The van der Waals surface area contributed by atoms with Crippen LogP contribution in [0.1, 0.15) is 56.3 Å². The molecule has 0 bridgehead atoms. The number of rotatable bonds is 4. The summed E-state index contributed by atoms with van der Waals surface area (Å²) in [5.41, 5.74) is 3.10. The average molecular weight is 408 g/mol. The minimum Gasteiger partial charge on any atom is -0.406 e. The summed E-state index contributed by atoms with van der Waals surface area (Å²) in [6.45, 7) is 5.13. The highest BCUT2D eigenvalue weighted by atomic mass is 19.4. The van der Waals surface area contributed by atoms with Gasteiger partial charge in [-0.1, -0.05) is 13.3 Å². The van der Waals surface area contributed by atoms with Crippen molar-refractivity contribution in [3.63, 3.8) is 0 Å². The first kappa shape index (κ1) is 20.1. The van der Waals surface area contributed by atoms with Crippen LogP contribution in [0.4, 0.5) is 19.0 Å². The molecule has 1 fully saturated rings. The predicted octanol–water partition coefficient (Wildman–Crippen LogP) is 5.07. The van der Waals surface area contributed by atoms with Gasteiger partial charge in [0, 0.05) is 12.1 Å². The molecule has 0 saturated carbocycles.